The molecule has 3 aromatic rings. The molecule has 21 heavy (non-hydrogen) atoms. The van der Waals surface area contributed by atoms with Crippen molar-refractivity contribution in [2.24, 2.45) is 0 Å². The zero-order valence-corrected chi connectivity index (χ0v) is 14.0. The fraction of sp³-hybridized carbons (Fsp3) is 0.250. The van der Waals surface area contributed by atoms with E-state index in [0.717, 1.165) is 28.0 Å². The van der Waals surface area contributed by atoms with Crippen molar-refractivity contribution in [3.8, 4) is 0 Å². The molecule has 1 atom stereocenters. The quantitative estimate of drug-likeness (QED) is 0.626. The molecule has 0 saturated carbocycles. The number of rotatable bonds is 4. The monoisotopic (exact) mass is 363 g/mol. The highest BCUT2D eigenvalue weighted by atomic mass is 79.9. The van der Waals surface area contributed by atoms with Gasteiger partial charge in [-0.2, -0.15) is 0 Å². The highest BCUT2D eigenvalue weighted by Crippen LogP contribution is 2.24. The Morgan fingerprint density at radius 1 is 1.29 bits per heavy atom. The summed E-state index contributed by atoms with van der Waals surface area (Å²) < 4.78 is 3.05. The summed E-state index contributed by atoms with van der Waals surface area (Å²) >= 11 is 9.48. The maximum Gasteiger partial charge on any atom is 0.160 e. The van der Waals surface area contributed by atoms with Crippen LogP contribution in [-0.4, -0.2) is 14.5 Å². The van der Waals surface area contributed by atoms with Crippen LogP contribution >= 0.6 is 27.5 Å². The van der Waals surface area contributed by atoms with Gasteiger partial charge in [-0.25, -0.2) is 9.97 Å². The van der Waals surface area contributed by atoms with Crippen molar-refractivity contribution < 1.29 is 0 Å². The lowest BCUT2D eigenvalue weighted by Crippen LogP contribution is -2.09. The normalized spacial score (nSPS) is 12.7. The molecule has 108 valence electrons. The minimum atomic E-state index is 0.371. The van der Waals surface area contributed by atoms with E-state index in [1.54, 1.807) is 6.20 Å². The SMILES string of the molecule is CC(Cn1c(CCl)nc2cc(Br)cnc21)c1ccccc1. The van der Waals surface area contributed by atoms with E-state index in [2.05, 4.69) is 61.7 Å². The molecule has 0 bridgehead atoms. The molecule has 1 unspecified atom stereocenters. The van der Waals surface area contributed by atoms with Crippen molar-refractivity contribution in [1.82, 2.24) is 14.5 Å². The van der Waals surface area contributed by atoms with Gasteiger partial charge in [0.2, 0.25) is 0 Å². The Balaban J connectivity index is 1.99. The maximum absolute atomic E-state index is 6.05. The average Bonchev–Trinajstić information content (AvgIpc) is 2.85. The smallest absolute Gasteiger partial charge is 0.160 e. The van der Waals surface area contributed by atoms with Crippen LogP contribution in [0.1, 0.15) is 24.2 Å². The lowest BCUT2D eigenvalue weighted by molar-refractivity contribution is 0.591. The second-order valence-corrected chi connectivity index (χ2v) is 6.26. The Morgan fingerprint density at radius 3 is 2.76 bits per heavy atom. The van der Waals surface area contributed by atoms with Crippen molar-refractivity contribution in [1.29, 1.82) is 0 Å². The second-order valence-electron chi connectivity index (χ2n) is 5.08. The molecule has 0 aliphatic rings. The zero-order chi connectivity index (χ0) is 14.8. The van der Waals surface area contributed by atoms with Crippen LogP contribution in [0.25, 0.3) is 11.2 Å². The van der Waals surface area contributed by atoms with Crippen LogP contribution in [0, 0.1) is 0 Å². The standard InChI is InChI=1S/C16H15BrClN3/c1-11(12-5-3-2-4-6-12)10-21-15(8-18)20-14-7-13(17)9-19-16(14)21/h2-7,9,11H,8,10H2,1H3. The molecular formula is C16H15BrClN3. The van der Waals surface area contributed by atoms with Gasteiger partial charge in [-0.3, -0.25) is 0 Å². The van der Waals surface area contributed by atoms with Crippen LogP contribution in [0.3, 0.4) is 0 Å². The van der Waals surface area contributed by atoms with E-state index in [9.17, 15) is 0 Å². The van der Waals surface area contributed by atoms with Crippen molar-refractivity contribution in [3.63, 3.8) is 0 Å². The van der Waals surface area contributed by atoms with Gasteiger partial charge in [-0.1, -0.05) is 37.3 Å². The molecule has 0 aliphatic carbocycles. The summed E-state index contributed by atoms with van der Waals surface area (Å²) in [7, 11) is 0. The Kier molecular flexibility index (Phi) is 4.27. The van der Waals surface area contributed by atoms with Crippen molar-refractivity contribution >= 4 is 38.7 Å². The zero-order valence-electron chi connectivity index (χ0n) is 11.6. The Labute approximate surface area is 137 Å². The third-order valence-corrected chi connectivity index (χ3v) is 4.25. The van der Waals surface area contributed by atoms with E-state index in [-0.39, 0.29) is 0 Å². The summed E-state index contributed by atoms with van der Waals surface area (Å²) in [6.45, 7) is 3.02. The fourth-order valence-electron chi connectivity index (χ4n) is 2.49. The lowest BCUT2D eigenvalue weighted by atomic mass is 10.0. The Morgan fingerprint density at radius 2 is 2.05 bits per heavy atom. The van der Waals surface area contributed by atoms with E-state index in [1.165, 1.54) is 5.56 Å². The lowest BCUT2D eigenvalue weighted by Gasteiger charge is -2.14. The molecule has 2 aromatic heterocycles. The largest absolute Gasteiger partial charge is 0.311 e. The van der Waals surface area contributed by atoms with Crippen molar-refractivity contribution in [3.05, 3.63) is 58.5 Å². The summed E-state index contributed by atoms with van der Waals surface area (Å²) in [5, 5.41) is 0. The first-order valence-corrected chi connectivity index (χ1v) is 8.13. The molecule has 0 saturated heterocycles. The van der Waals surface area contributed by atoms with Crippen molar-refractivity contribution in [2.45, 2.75) is 25.3 Å². The van der Waals surface area contributed by atoms with Crippen LogP contribution in [0.15, 0.2) is 47.1 Å². The third-order valence-electron chi connectivity index (χ3n) is 3.58. The first-order valence-electron chi connectivity index (χ1n) is 6.80. The molecule has 0 radical (unpaired) electrons. The molecule has 0 N–H and O–H groups in total. The molecule has 3 nitrogen and oxygen atoms in total. The van der Waals surface area contributed by atoms with Crippen LogP contribution in [0.5, 0.6) is 0 Å². The summed E-state index contributed by atoms with van der Waals surface area (Å²) in [5.41, 5.74) is 3.06. The highest BCUT2D eigenvalue weighted by molar-refractivity contribution is 9.10. The number of pyridine rings is 1. The van der Waals surface area contributed by atoms with Gasteiger partial charge in [0.25, 0.3) is 0 Å². The van der Waals surface area contributed by atoms with Crippen LogP contribution in [-0.2, 0) is 12.4 Å². The summed E-state index contributed by atoms with van der Waals surface area (Å²) in [4.78, 5) is 9.07. The molecule has 1 aromatic carbocycles. The number of aromatic nitrogens is 3. The van der Waals surface area contributed by atoms with Gasteiger partial charge in [-0.05, 0) is 33.5 Å². The number of alkyl halides is 1. The minimum Gasteiger partial charge on any atom is -0.311 e. The summed E-state index contributed by atoms with van der Waals surface area (Å²) in [5.74, 6) is 1.62. The van der Waals surface area contributed by atoms with Crippen LogP contribution in [0.2, 0.25) is 0 Å². The predicted octanol–water partition coefficient (Wildman–Crippen LogP) is 4.74. The molecule has 2 heterocycles. The third kappa shape index (κ3) is 2.97. The van der Waals surface area contributed by atoms with E-state index in [4.69, 9.17) is 11.6 Å². The van der Waals surface area contributed by atoms with Gasteiger partial charge < -0.3 is 4.57 Å². The topological polar surface area (TPSA) is 30.7 Å². The van der Waals surface area contributed by atoms with E-state index in [1.807, 2.05) is 12.1 Å². The van der Waals surface area contributed by atoms with Gasteiger partial charge in [0, 0.05) is 17.2 Å². The molecule has 0 spiro atoms. The first kappa shape index (κ1) is 14.5. The van der Waals surface area contributed by atoms with Gasteiger partial charge in [0.15, 0.2) is 5.65 Å². The van der Waals surface area contributed by atoms with E-state index < -0.39 is 0 Å². The van der Waals surface area contributed by atoms with Gasteiger partial charge in [0.05, 0.1) is 5.88 Å². The highest BCUT2D eigenvalue weighted by Gasteiger charge is 2.15. The van der Waals surface area contributed by atoms with Gasteiger partial charge >= 0.3 is 0 Å². The molecule has 0 fully saturated rings. The van der Waals surface area contributed by atoms with Gasteiger partial charge in [0.1, 0.15) is 11.3 Å². The number of halogens is 2. The number of benzene rings is 1. The number of imidazole rings is 1. The number of hydrogen-bond acceptors (Lipinski definition) is 2. The first-order chi connectivity index (χ1) is 10.2. The Bertz CT molecular complexity index is 755. The number of fused-ring (bicyclic) bond motifs is 1. The summed E-state index contributed by atoms with van der Waals surface area (Å²) in [6, 6.07) is 12.4. The van der Waals surface area contributed by atoms with E-state index >= 15 is 0 Å². The molecule has 5 heteroatoms. The molecule has 0 amide bonds. The molecule has 3 rings (SSSR count). The van der Waals surface area contributed by atoms with Crippen molar-refractivity contribution in [2.75, 3.05) is 0 Å². The maximum atomic E-state index is 6.05. The van der Waals surface area contributed by atoms with Gasteiger partial charge in [-0.15, -0.1) is 11.6 Å². The summed E-state index contributed by atoms with van der Waals surface area (Å²) in [6.07, 6.45) is 1.80. The number of nitrogens with zero attached hydrogens (tertiary/aromatic N) is 3. The molecule has 0 aliphatic heterocycles. The average molecular weight is 365 g/mol. The fourth-order valence-corrected chi connectivity index (χ4v) is 3.01. The Hall–Kier alpha value is -1.39. The predicted molar refractivity (Wildman–Crippen MR) is 89.6 cm³/mol. The van der Waals surface area contributed by atoms with Crippen LogP contribution in [0.4, 0.5) is 0 Å². The number of hydrogen-bond donors (Lipinski definition) is 0. The molecular weight excluding hydrogens is 350 g/mol. The van der Waals surface area contributed by atoms with Crippen LogP contribution < -0.4 is 0 Å². The second kappa shape index (κ2) is 6.16. The minimum absolute atomic E-state index is 0.371. The van der Waals surface area contributed by atoms with E-state index in [0.29, 0.717) is 11.8 Å².